The van der Waals surface area contributed by atoms with Crippen LogP contribution in [0.15, 0.2) is 30.5 Å². The Morgan fingerprint density at radius 3 is 2.39 bits per heavy atom. The number of benzene rings is 1. The zero-order valence-electron chi connectivity index (χ0n) is 15.9. The third-order valence-electron chi connectivity index (χ3n) is 5.08. The maximum absolute atomic E-state index is 12.7. The van der Waals surface area contributed by atoms with Gasteiger partial charge in [0.2, 0.25) is 6.79 Å². The van der Waals surface area contributed by atoms with Gasteiger partial charge in [0.25, 0.3) is 5.91 Å². The van der Waals surface area contributed by atoms with Crippen LogP contribution in [-0.4, -0.2) is 36.6 Å². The highest BCUT2D eigenvalue weighted by atomic mass is 16.7. The second kappa shape index (κ2) is 7.88. The van der Waals surface area contributed by atoms with Crippen LogP contribution in [0.2, 0.25) is 0 Å². The van der Waals surface area contributed by atoms with Crippen LogP contribution in [0, 0.1) is 0 Å². The molecule has 0 atom stereocenters. The fourth-order valence-corrected chi connectivity index (χ4v) is 3.54. The highest BCUT2D eigenvalue weighted by Crippen LogP contribution is 2.37. The number of hydrogen-bond donors (Lipinski definition) is 1. The minimum atomic E-state index is -0.323. The van der Waals surface area contributed by atoms with Crippen LogP contribution < -0.4 is 19.7 Å². The van der Waals surface area contributed by atoms with Gasteiger partial charge in [-0.25, -0.2) is 4.98 Å². The number of carbonyl (C=O) groups is 2. The van der Waals surface area contributed by atoms with Gasteiger partial charge in [0, 0.05) is 30.9 Å². The summed E-state index contributed by atoms with van der Waals surface area (Å²) in [5.74, 6) is 1.42. The number of fused-ring (bicyclic) bond motifs is 1. The predicted octanol–water partition coefficient (Wildman–Crippen LogP) is 3.65. The second-order valence-electron chi connectivity index (χ2n) is 7.07. The molecule has 0 unspecified atom stereocenters. The summed E-state index contributed by atoms with van der Waals surface area (Å²) in [7, 11) is 0. The number of anilines is 2. The van der Waals surface area contributed by atoms with E-state index in [9.17, 15) is 9.59 Å². The van der Waals surface area contributed by atoms with Crippen molar-refractivity contribution in [2.45, 2.75) is 32.6 Å². The lowest BCUT2D eigenvalue weighted by Gasteiger charge is -2.21. The highest BCUT2D eigenvalue weighted by molar-refractivity contribution is 6.09. The van der Waals surface area contributed by atoms with Gasteiger partial charge in [0.05, 0.1) is 11.3 Å². The van der Waals surface area contributed by atoms with Crippen LogP contribution in [0.5, 0.6) is 11.5 Å². The molecule has 1 amide bonds. The molecule has 0 aliphatic carbocycles. The molecule has 4 rings (SSSR count). The van der Waals surface area contributed by atoms with Crippen molar-refractivity contribution in [3.8, 4) is 11.5 Å². The Labute approximate surface area is 163 Å². The Hall–Kier alpha value is -3.09. The smallest absolute Gasteiger partial charge is 0.257 e. The van der Waals surface area contributed by atoms with Crippen LogP contribution in [0.3, 0.4) is 0 Å². The molecule has 1 aromatic heterocycles. The van der Waals surface area contributed by atoms with Crippen LogP contribution in [-0.2, 0) is 0 Å². The molecule has 7 heteroatoms. The lowest BCUT2D eigenvalue weighted by atomic mass is 10.1. The monoisotopic (exact) mass is 381 g/mol. The van der Waals surface area contributed by atoms with E-state index in [-0.39, 0.29) is 18.5 Å². The number of carbonyl (C=O) groups excluding carboxylic acids is 2. The van der Waals surface area contributed by atoms with Gasteiger partial charge in [-0.15, -0.1) is 0 Å². The van der Waals surface area contributed by atoms with Crippen molar-refractivity contribution < 1.29 is 19.1 Å². The van der Waals surface area contributed by atoms with Gasteiger partial charge in [0.1, 0.15) is 5.82 Å². The first-order valence-corrected chi connectivity index (χ1v) is 9.59. The summed E-state index contributed by atoms with van der Waals surface area (Å²) in [6, 6.07) is 6.87. The molecule has 1 aromatic carbocycles. The molecule has 1 saturated heterocycles. The maximum Gasteiger partial charge on any atom is 0.257 e. The van der Waals surface area contributed by atoms with Crippen LogP contribution in [0.1, 0.15) is 53.3 Å². The van der Waals surface area contributed by atoms with E-state index in [1.165, 1.54) is 32.6 Å². The van der Waals surface area contributed by atoms with Crippen molar-refractivity contribution in [3.63, 3.8) is 0 Å². The van der Waals surface area contributed by atoms with Gasteiger partial charge in [-0.2, -0.15) is 0 Å². The summed E-state index contributed by atoms with van der Waals surface area (Å²) in [5.41, 5.74) is 1.22. The van der Waals surface area contributed by atoms with Crippen LogP contribution in [0.4, 0.5) is 11.5 Å². The number of aromatic nitrogens is 1. The number of nitrogens with zero attached hydrogens (tertiary/aromatic N) is 2. The Morgan fingerprint density at radius 2 is 1.75 bits per heavy atom. The van der Waals surface area contributed by atoms with Crippen LogP contribution >= 0.6 is 0 Å². The Kier molecular flexibility index (Phi) is 5.14. The van der Waals surface area contributed by atoms with E-state index in [1.807, 2.05) is 6.07 Å². The summed E-state index contributed by atoms with van der Waals surface area (Å²) in [6.45, 7) is 3.55. The van der Waals surface area contributed by atoms with E-state index >= 15 is 0 Å². The molecule has 2 aliphatic heterocycles. The summed E-state index contributed by atoms with van der Waals surface area (Å²) >= 11 is 0. The molecule has 28 heavy (non-hydrogen) atoms. The second-order valence-corrected chi connectivity index (χ2v) is 7.07. The molecule has 3 heterocycles. The highest BCUT2D eigenvalue weighted by Gasteiger charge is 2.21. The molecule has 0 saturated carbocycles. The molecule has 0 bridgehead atoms. The lowest BCUT2D eigenvalue weighted by molar-refractivity contribution is 0.101. The molecule has 0 spiro atoms. The average Bonchev–Trinajstić information content (AvgIpc) is 2.98. The summed E-state index contributed by atoms with van der Waals surface area (Å²) in [6.07, 6.45) is 6.43. The standard InChI is InChI=1S/C21H23N3O4/c1-14(25)16-10-18-19(28-13-27-18)11-17(16)23-21(26)15-6-7-20(22-12-15)24-8-4-2-3-5-9-24/h6-7,10-12H,2-5,8-9,13H2,1H3,(H,23,26). The largest absolute Gasteiger partial charge is 0.454 e. The van der Waals surface area contributed by atoms with Crippen LogP contribution in [0.25, 0.3) is 0 Å². The molecule has 2 aromatic rings. The molecule has 7 nitrogen and oxygen atoms in total. The van der Waals surface area contributed by atoms with Gasteiger partial charge in [-0.1, -0.05) is 12.8 Å². The van der Waals surface area contributed by atoms with Crippen molar-refractivity contribution in [3.05, 3.63) is 41.6 Å². The molecule has 146 valence electrons. The molecule has 1 fully saturated rings. The molecule has 2 aliphatic rings. The van der Waals surface area contributed by atoms with E-state index in [0.29, 0.717) is 28.3 Å². The van der Waals surface area contributed by atoms with E-state index in [1.54, 1.807) is 24.4 Å². The minimum absolute atomic E-state index is 0.103. The van der Waals surface area contributed by atoms with Crippen molar-refractivity contribution >= 4 is 23.2 Å². The Morgan fingerprint density at radius 1 is 1.04 bits per heavy atom. The summed E-state index contributed by atoms with van der Waals surface area (Å²) < 4.78 is 10.7. The lowest BCUT2D eigenvalue weighted by Crippen LogP contribution is -2.25. The number of ketones is 1. The summed E-state index contributed by atoms with van der Waals surface area (Å²) in [5, 5.41) is 2.80. The number of pyridine rings is 1. The zero-order chi connectivity index (χ0) is 19.5. The SMILES string of the molecule is CC(=O)c1cc2c(cc1NC(=O)c1ccc(N3CCCCCC3)nc1)OCO2. The van der Waals surface area contributed by atoms with Crippen molar-refractivity contribution in [1.82, 2.24) is 4.98 Å². The van der Waals surface area contributed by atoms with Gasteiger partial charge in [-0.05, 0) is 38.0 Å². The van der Waals surface area contributed by atoms with E-state index in [0.717, 1.165) is 18.9 Å². The number of rotatable bonds is 4. The normalized spacial score (nSPS) is 15.8. The fraction of sp³-hybridized carbons (Fsp3) is 0.381. The minimum Gasteiger partial charge on any atom is -0.454 e. The quantitative estimate of drug-likeness (QED) is 0.815. The number of ether oxygens (including phenoxy) is 2. The first-order chi connectivity index (χ1) is 13.6. The fourth-order valence-electron chi connectivity index (χ4n) is 3.54. The number of nitrogens with one attached hydrogen (secondary N) is 1. The average molecular weight is 381 g/mol. The predicted molar refractivity (Wildman–Crippen MR) is 105 cm³/mol. The topological polar surface area (TPSA) is 80.8 Å². The molecular weight excluding hydrogens is 358 g/mol. The molecular formula is C21H23N3O4. The van der Waals surface area contributed by atoms with Crippen molar-refractivity contribution in [2.24, 2.45) is 0 Å². The first-order valence-electron chi connectivity index (χ1n) is 9.59. The summed E-state index contributed by atoms with van der Waals surface area (Å²) in [4.78, 5) is 31.4. The third kappa shape index (κ3) is 3.78. The van der Waals surface area contributed by atoms with E-state index in [2.05, 4.69) is 15.2 Å². The Balaban J connectivity index is 1.51. The number of amides is 1. The van der Waals surface area contributed by atoms with Gasteiger partial charge in [-0.3, -0.25) is 9.59 Å². The van der Waals surface area contributed by atoms with Crippen molar-refractivity contribution in [1.29, 1.82) is 0 Å². The van der Waals surface area contributed by atoms with Gasteiger partial charge in [0.15, 0.2) is 17.3 Å². The maximum atomic E-state index is 12.7. The van der Waals surface area contributed by atoms with Gasteiger partial charge < -0.3 is 19.7 Å². The third-order valence-corrected chi connectivity index (χ3v) is 5.08. The van der Waals surface area contributed by atoms with Gasteiger partial charge >= 0.3 is 0 Å². The molecule has 0 radical (unpaired) electrons. The first kappa shape index (κ1) is 18.3. The zero-order valence-corrected chi connectivity index (χ0v) is 15.9. The van der Waals surface area contributed by atoms with E-state index < -0.39 is 0 Å². The van der Waals surface area contributed by atoms with E-state index in [4.69, 9.17) is 9.47 Å². The number of Topliss-reactive ketones (excluding diaryl/α,β-unsaturated/α-hetero) is 1. The number of hydrogen-bond acceptors (Lipinski definition) is 6. The van der Waals surface area contributed by atoms with Crippen molar-refractivity contribution in [2.75, 3.05) is 30.1 Å². The Bertz CT molecular complexity index is 887. The molecule has 1 N–H and O–H groups in total.